The zero-order valence-electron chi connectivity index (χ0n) is 14.8. The van der Waals surface area contributed by atoms with Gasteiger partial charge in [0.2, 0.25) is 0 Å². The number of hydrogen-bond donors (Lipinski definition) is 2. The number of benzene rings is 1. The van der Waals surface area contributed by atoms with E-state index in [1.165, 1.54) is 24.3 Å². The largest absolute Gasteiger partial charge is 0.504 e. The molecule has 24 heavy (non-hydrogen) atoms. The van der Waals surface area contributed by atoms with Crippen LogP contribution in [0, 0.1) is 0 Å². The smallest absolute Gasteiger partial charge is 0.346 e. The summed E-state index contributed by atoms with van der Waals surface area (Å²) in [4.78, 5) is 24.7. The lowest BCUT2D eigenvalue weighted by Crippen LogP contribution is -2.31. The Balaban J connectivity index is 3.26. The molecule has 6 nitrogen and oxygen atoms in total. The van der Waals surface area contributed by atoms with E-state index in [9.17, 15) is 19.8 Å². The minimum absolute atomic E-state index is 0.301. The normalized spacial score (nSPS) is 11.6. The molecule has 0 saturated heterocycles. The monoisotopic (exact) mass is 336 g/mol. The fourth-order valence-corrected chi connectivity index (χ4v) is 1.66. The van der Waals surface area contributed by atoms with Crippen molar-refractivity contribution in [1.29, 1.82) is 0 Å². The quantitative estimate of drug-likeness (QED) is 0.289. The third kappa shape index (κ3) is 6.32. The summed E-state index contributed by atoms with van der Waals surface area (Å²) in [5.74, 6) is -2.33. The molecule has 0 bridgehead atoms. The van der Waals surface area contributed by atoms with Gasteiger partial charge < -0.3 is 19.7 Å². The van der Waals surface area contributed by atoms with E-state index >= 15 is 0 Å². The van der Waals surface area contributed by atoms with Gasteiger partial charge in [0.05, 0.1) is 0 Å². The molecule has 0 aliphatic carbocycles. The minimum atomic E-state index is -0.829. The van der Waals surface area contributed by atoms with Crippen molar-refractivity contribution in [1.82, 2.24) is 0 Å². The summed E-state index contributed by atoms with van der Waals surface area (Å²) in [5, 5.41) is 18.9. The van der Waals surface area contributed by atoms with Gasteiger partial charge in [0.15, 0.2) is 11.5 Å². The van der Waals surface area contributed by atoms with Crippen molar-refractivity contribution in [3.8, 4) is 11.5 Å². The molecule has 0 aliphatic rings. The zero-order valence-corrected chi connectivity index (χ0v) is 14.8. The van der Waals surface area contributed by atoms with Crippen LogP contribution >= 0.6 is 0 Å². The third-order valence-electron chi connectivity index (χ3n) is 2.55. The predicted octanol–water partition coefficient (Wildman–Crippen LogP) is 3.16. The number of carbonyl (C=O) groups excluding carboxylic acids is 2. The van der Waals surface area contributed by atoms with Crippen LogP contribution in [-0.2, 0) is 19.1 Å². The highest BCUT2D eigenvalue weighted by Gasteiger charge is 2.29. The molecule has 1 aromatic rings. The molecule has 0 fully saturated rings. The second kappa shape index (κ2) is 6.95. The molecule has 0 saturated carbocycles. The first-order chi connectivity index (χ1) is 10.8. The second-order valence-corrected chi connectivity index (χ2v) is 7.31. The summed E-state index contributed by atoms with van der Waals surface area (Å²) in [6.07, 6.45) is 1.25. The maximum absolute atomic E-state index is 12.3. The van der Waals surface area contributed by atoms with Crippen molar-refractivity contribution in [3.05, 3.63) is 29.3 Å². The van der Waals surface area contributed by atoms with E-state index in [-0.39, 0.29) is 17.1 Å². The number of ether oxygens (including phenoxy) is 2. The molecule has 0 amide bonds. The van der Waals surface area contributed by atoms with Gasteiger partial charge in [0.1, 0.15) is 16.8 Å². The molecule has 0 heterocycles. The van der Waals surface area contributed by atoms with Crippen molar-refractivity contribution in [2.24, 2.45) is 0 Å². The lowest BCUT2D eigenvalue weighted by molar-refractivity contribution is -0.158. The number of aromatic hydroxyl groups is 2. The predicted molar refractivity (Wildman–Crippen MR) is 89.4 cm³/mol. The molecular weight excluding hydrogens is 312 g/mol. The van der Waals surface area contributed by atoms with Crippen LogP contribution in [0.15, 0.2) is 23.8 Å². The molecule has 0 aliphatic heterocycles. The Morgan fingerprint density at radius 1 is 0.875 bits per heavy atom. The average molecular weight is 336 g/mol. The molecule has 1 aromatic carbocycles. The molecular formula is C18H24O6. The molecule has 0 unspecified atom stereocenters. The topological polar surface area (TPSA) is 93.1 Å². The Bertz CT molecular complexity index is 629. The van der Waals surface area contributed by atoms with Crippen molar-refractivity contribution in [2.45, 2.75) is 52.7 Å². The molecule has 6 heteroatoms. The SMILES string of the molecule is CC(C)(C)OC(=O)C(=Cc1ccc(O)c(O)c1)C(=O)OC(C)(C)C. The summed E-state index contributed by atoms with van der Waals surface area (Å²) in [5.41, 5.74) is -1.52. The number of rotatable bonds is 3. The van der Waals surface area contributed by atoms with Crippen molar-refractivity contribution in [2.75, 3.05) is 0 Å². The van der Waals surface area contributed by atoms with Gasteiger partial charge in [-0.15, -0.1) is 0 Å². The number of hydrogen-bond acceptors (Lipinski definition) is 6. The van der Waals surface area contributed by atoms with Crippen molar-refractivity contribution >= 4 is 18.0 Å². The van der Waals surface area contributed by atoms with Gasteiger partial charge in [-0.1, -0.05) is 6.07 Å². The van der Waals surface area contributed by atoms with E-state index in [2.05, 4.69) is 0 Å². The Kier molecular flexibility index (Phi) is 5.66. The van der Waals surface area contributed by atoms with Gasteiger partial charge in [0.25, 0.3) is 0 Å². The first-order valence-corrected chi connectivity index (χ1v) is 7.49. The van der Waals surface area contributed by atoms with Crippen LogP contribution in [0.25, 0.3) is 6.08 Å². The van der Waals surface area contributed by atoms with Crippen LogP contribution in [-0.4, -0.2) is 33.4 Å². The van der Waals surface area contributed by atoms with Crippen LogP contribution in [0.5, 0.6) is 11.5 Å². The molecule has 2 N–H and O–H groups in total. The van der Waals surface area contributed by atoms with Gasteiger partial charge in [-0.2, -0.15) is 0 Å². The maximum Gasteiger partial charge on any atom is 0.346 e. The van der Waals surface area contributed by atoms with Crippen LogP contribution in [0.1, 0.15) is 47.1 Å². The highest BCUT2D eigenvalue weighted by molar-refractivity contribution is 6.17. The van der Waals surface area contributed by atoms with Crippen LogP contribution in [0.2, 0.25) is 0 Å². The molecule has 1 rings (SSSR count). The Morgan fingerprint density at radius 3 is 1.71 bits per heavy atom. The first-order valence-electron chi connectivity index (χ1n) is 7.49. The number of esters is 2. The Morgan fingerprint density at radius 2 is 1.33 bits per heavy atom. The van der Waals surface area contributed by atoms with E-state index in [4.69, 9.17) is 9.47 Å². The van der Waals surface area contributed by atoms with Gasteiger partial charge in [0, 0.05) is 0 Å². The van der Waals surface area contributed by atoms with Crippen molar-refractivity contribution in [3.63, 3.8) is 0 Å². The number of phenolic OH excluding ortho intramolecular Hbond substituents is 2. The highest BCUT2D eigenvalue weighted by Crippen LogP contribution is 2.26. The summed E-state index contributed by atoms with van der Waals surface area (Å²) in [6, 6.07) is 3.93. The van der Waals surface area contributed by atoms with Crippen LogP contribution in [0.4, 0.5) is 0 Å². The summed E-state index contributed by atoms with van der Waals surface area (Å²) in [7, 11) is 0. The summed E-state index contributed by atoms with van der Waals surface area (Å²) >= 11 is 0. The zero-order chi connectivity index (χ0) is 18.7. The molecule has 132 valence electrons. The molecule has 0 radical (unpaired) electrons. The van der Waals surface area contributed by atoms with Crippen molar-refractivity contribution < 1.29 is 29.3 Å². The van der Waals surface area contributed by atoms with Crippen LogP contribution in [0.3, 0.4) is 0 Å². The molecule has 0 spiro atoms. The van der Waals surface area contributed by atoms with E-state index in [1.54, 1.807) is 41.5 Å². The summed E-state index contributed by atoms with van der Waals surface area (Å²) < 4.78 is 10.5. The van der Waals surface area contributed by atoms with Crippen LogP contribution < -0.4 is 0 Å². The fraction of sp³-hybridized carbons (Fsp3) is 0.444. The highest BCUT2D eigenvalue weighted by atomic mass is 16.6. The molecule has 0 aromatic heterocycles. The lowest BCUT2D eigenvalue weighted by atomic mass is 10.1. The van der Waals surface area contributed by atoms with Gasteiger partial charge in [-0.05, 0) is 65.3 Å². The number of phenols is 2. The van der Waals surface area contributed by atoms with E-state index in [0.29, 0.717) is 5.56 Å². The third-order valence-corrected chi connectivity index (χ3v) is 2.55. The number of carbonyl (C=O) groups is 2. The fourth-order valence-electron chi connectivity index (χ4n) is 1.66. The lowest BCUT2D eigenvalue weighted by Gasteiger charge is -2.23. The minimum Gasteiger partial charge on any atom is -0.504 e. The standard InChI is InChI=1S/C18H24O6/c1-17(2,3)23-15(21)12(16(22)24-18(4,5)6)9-11-7-8-13(19)14(20)10-11/h7-10,19-20H,1-6H3. The van der Waals surface area contributed by atoms with Gasteiger partial charge in [-0.3, -0.25) is 0 Å². The van der Waals surface area contributed by atoms with E-state index in [1.807, 2.05) is 0 Å². The van der Waals surface area contributed by atoms with Gasteiger partial charge in [-0.25, -0.2) is 9.59 Å². The molecule has 0 atom stereocenters. The maximum atomic E-state index is 12.3. The first kappa shape index (κ1) is 19.5. The summed E-state index contributed by atoms with van der Waals surface area (Å²) in [6.45, 7) is 10.1. The van der Waals surface area contributed by atoms with E-state index in [0.717, 1.165) is 0 Å². The van der Waals surface area contributed by atoms with Gasteiger partial charge >= 0.3 is 11.9 Å². The van der Waals surface area contributed by atoms with E-state index < -0.39 is 23.1 Å². The Hall–Kier alpha value is -2.50. The Labute approximate surface area is 141 Å². The second-order valence-electron chi connectivity index (χ2n) is 7.31. The average Bonchev–Trinajstić information content (AvgIpc) is 2.35.